The number of rotatable bonds is 3. The van der Waals surface area contributed by atoms with Crippen molar-refractivity contribution in [2.75, 3.05) is 6.61 Å². The van der Waals surface area contributed by atoms with Crippen molar-refractivity contribution in [3.63, 3.8) is 0 Å². The van der Waals surface area contributed by atoms with Gasteiger partial charge in [0.1, 0.15) is 0 Å². The Morgan fingerprint density at radius 1 is 1.33 bits per heavy atom. The Balaban J connectivity index is 0. The lowest BCUT2D eigenvalue weighted by Crippen LogP contribution is -2.42. The maximum atomic E-state index is 8.66. The molecule has 0 aromatic heterocycles. The lowest BCUT2D eigenvalue weighted by Gasteiger charge is -2.22. The van der Waals surface area contributed by atoms with E-state index in [0.29, 0.717) is 0 Å². The van der Waals surface area contributed by atoms with Gasteiger partial charge in [0.15, 0.2) is 0 Å². The molecule has 0 aromatic rings. The van der Waals surface area contributed by atoms with Crippen molar-refractivity contribution < 1.29 is 5.11 Å². The monoisotopic (exact) mass is 197 g/mol. The lowest BCUT2D eigenvalue weighted by atomic mass is 9.96. The van der Waals surface area contributed by atoms with E-state index in [-0.39, 0.29) is 29.1 Å². The van der Waals surface area contributed by atoms with Crippen LogP contribution in [-0.4, -0.2) is 17.3 Å². The standard InChI is InChI=1S/C6H15NO.BrH/c1-3-6(7,4-2)5-8;/h8H,3-5,7H2,1-2H3;1H. The van der Waals surface area contributed by atoms with E-state index in [2.05, 4.69) is 0 Å². The van der Waals surface area contributed by atoms with Crippen molar-refractivity contribution in [1.82, 2.24) is 0 Å². The Morgan fingerprint density at radius 3 is 1.67 bits per heavy atom. The first kappa shape index (κ1) is 12.1. The minimum Gasteiger partial charge on any atom is -0.394 e. The largest absolute Gasteiger partial charge is 0.394 e. The van der Waals surface area contributed by atoms with Gasteiger partial charge in [-0.3, -0.25) is 0 Å². The van der Waals surface area contributed by atoms with E-state index >= 15 is 0 Å². The van der Waals surface area contributed by atoms with Crippen LogP contribution in [0, 0.1) is 0 Å². The molecule has 0 aromatic carbocycles. The van der Waals surface area contributed by atoms with Crippen LogP contribution in [0.1, 0.15) is 26.7 Å². The average Bonchev–Trinajstić information content (AvgIpc) is 1.87. The molecule has 3 N–H and O–H groups in total. The van der Waals surface area contributed by atoms with Crippen LogP contribution in [0.3, 0.4) is 0 Å². The summed E-state index contributed by atoms with van der Waals surface area (Å²) in [4.78, 5) is 0. The molecule has 0 rings (SSSR count). The van der Waals surface area contributed by atoms with Crippen molar-refractivity contribution in [1.29, 1.82) is 0 Å². The van der Waals surface area contributed by atoms with Crippen LogP contribution in [0.5, 0.6) is 0 Å². The highest BCUT2D eigenvalue weighted by molar-refractivity contribution is 8.93. The maximum absolute atomic E-state index is 8.66. The van der Waals surface area contributed by atoms with Crippen molar-refractivity contribution >= 4 is 17.0 Å². The third kappa shape index (κ3) is 3.89. The maximum Gasteiger partial charge on any atom is 0.0610 e. The highest BCUT2D eigenvalue weighted by Crippen LogP contribution is 2.08. The van der Waals surface area contributed by atoms with Gasteiger partial charge in [0.25, 0.3) is 0 Å². The van der Waals surface area contributed by atoms with Gasteiger partial charge in [-0.1, -0.05) is 13.8 Å². The Morgan fingerprint density at radius 2 is 1.67 bits per heavy atom. The van der Waals surface area contributed by atoms with Crippen LogP contribution < -0.4 is 5.73 Å². The first-order valence-corrected chi connectivity index (χ1v) is 3.08. The number of hydrogen-bond acceptors (Lipinski definition) is 2. The number of aliphatic hydroxyl groups excluding tert-OH is 1. The Bertz CT molecular complexity index is 55.8. The second-order valence-corrected chi connectivity index (χ2v) is 2.23. The minimum absolute atomic E-state index is 0. The van der Waals surface area contributed by atoms with Crippen LogP contribution >= 0.6 is 17.0 Å². The first-order valence-electron chi connectivity index (χ1n) is 3.08. The summed E-state index contributed by atoms with van der Waals surface area (Å²) in [7, 11) is 0. The summed E-state index contributed by atoms with van der Waals surface area (Å²) in [6, 6.07) is 0. The molecule has 0 spiro atoms. The third-order valence-corrected chi connectivity index (χ3v) is 1.72. The molecule has 0 heterocycles. The molecule has 0 bridgehead atoms. The van der Waals surface area contributed by atoms with Crippen molar-refractivity contribution in [2.24, 2.45) is 5.73 Å². The van der Waals surface area contributed by atoms with Gasteiger partial charge in [0, 0.05) is 5.54 Å². The molecule has 0 atom stereocenters. The molecule has 0 saturated heterocycles. The number of nitrogens with two attached hydrogens (primary N) is 1. The van der Waals surface area contributed by atoms with Crippen molar-refractivity contribution in [2.45, 2.75) is 32.2 Å². The smallest absolute Gasteiger partial charge is 0.0610 e. The molecule has 58 valence electrons. The topological polar surface area (TPSA) is 46.2 Å². The van der Waals surface area contributed by atoms with Gasteiger partial charge >= 0.3 is 0 Å². The van der Waals surface area contributed by atoms with Gasteiger partial charge in [0.05, 0.1) is 6.61 Å². The van der Waals surface area contributed by atoms with Crippen LogP contribution in [0.25, 0.3) is 0 Å². The van der Waals surface area contributed by atoms with Gasteiger partial charge in [0.2, 0.25) is 0 Å². The van der Waals surface area contributed by atoms with E-state index in [1.807, 2.05) is 13.8 Å². The predicted octanol–water partition coefficient (Wildman–Crippen LogP) is 1.07. The third-order valence-electron chi connectivity index (χ3n) is 1.72. The molecule has 0 unspecified atom stereocenters. The zero-order valence-electron chi connectivity index (χ0n) is 6.05. The van der Waals surface area contributed by atoms with Crippen LogP contribution in [0.15, 0.2) is 0 Å². The fraction of sp³-hybridized carbons (Fsp3) is 1.00. The fourth-order valence-corrected chi connectivity index (χ4v) is 0.474. The molecule has 0 saturated carbocycles. The average molecular weight is 198 g/mol. The first-order chi connectivity index (χ1) is 3.68. The lowest BCUT2D eigenvalue weighted by molar-refractivity contribution is 0.187. The van der Waals surface area contributed by atoms with Gasteiger partial charge in [-0.2, -0.15) is 0 Å². The summed E-state index contributed by atoms with van der Waals surface area (Å²) in [5.41, 5.74) is 5.33. The van der Waals surface area contributed by atoms with Gasteiger partial charge < -0.3 is 10.8 Å². The summed E-state index contributed by atoms with van der Waals surface area (Å²) < 4.78 is 0. The number of aliphatic hydroxyl groups is 1. The summed E-state index contributed by atoms with van der Waals surface area (Å²) in [5, 5.41) is 8.66. The normalized spacial score (nSPS) is 10.7. The van der Waals surface area contributed by atoms with E-state index in [1.54, 1.807) is 0 Å². The van der Waals surface area contributed by atoms with Crippen LogP contribution in [0.2, 0.25) is 0 Å². The molecule has 0 aliphatic carbocycles. The molecule has 0 aliphatic rings. The quantitative estimate of drug-likeness (QED) is 0.712. The zero-order valence-corrected chi connectivity index (χ0v) is 7.77. The second-order valence-electron chi connectivity index (χ2n) is 2.23. The van der Waals surface area contributed by atoms with Crippen LogP contribution in [-0.2, 0) is 0 Å². The minimum atomic E-state index is -0.319. The van der Waals surface area contributed by atoms with Gasteiger partial charge in [-0.15, -0.1) is 17.0 Å². The van der Waals surface area contributed by atoms with Crippen LogP contribution in [0.4, 0.5) is 0 Å². The van der Waals surface area contributed by atoms with E-state index < -0.39 is 0 Å². The molecular weight excluding hydrogens is 182 g/mol. The zero-order chi connectivity index (χ0) is 6.62. The van der Waals surface area contributed by atoms with E-state index in [4.69, 9.17) is 10.8 Å². The molecule has 0 amide bonds. The summed E-state index contributed by atoms with van der Waals surface area (Å²) >= 11 is 0. The molecular formula is C6H16BrNO. The van der Waals surface area contributed by atoms with E-state index in [9.17, 15) is 0 Å². The Labute approximate surface area is 67.2 Å². The SMILES string of the molecule is Br.CCC(N)(CC)CO. The molecule has 2 nitrogen and oxygen atoms in total. The van der Waals surface area contributed by atoms with Crippen molar-refractivity contribution in [3.05, 3.63) is 0 Å². The molecule has 0 aliphatic heterocycles. The Kier molecular flexibility index (Phi) is 7.01. The van der Waals surface area contributed by atoms with Crippen molar-refractivity contribution in [3.8, 4) is 0 Å². The summed E-state index contributed by atoms with van der Waals surface area (Å²) in [6.07, 6.45) is 1.69. The second kappa shape index (κ2) is 5.21. The molecule has 3 heteroatoms. The highest BCUT2D eigenvalue weighted by atomic mass is 79.9. The van der Waals surface area contributed by atoms with E-state index in [0.717, 1.165) is 12.8 Å². The van der Waals surface area contributed by atoms with Gasteiger partial charge in [-0.25, -0.2) is 0 Å². The number of halogens is 1. The summed E-state index contributed by atoms with van der Waals surface area (Å²) in [6.45, 7) is 4.07. The Hall–Kier alpha value is 0.400. The van der Waals surface area contributed by atoms with E-state index in [1.165, 1.54) is 0 Å². The molecule has 9 heavy (non-hydrogen) atoms. The summed E-state index contributed by atoms with van der Waals surface area (Å²) in [5.74, 6) is 0. The predicted molar refractivity (Wildman–Crippen MR) is 44.9 cm³/mol. The highest BCUT2D eigenvalue weighted by Gasteiger charge is 2.17. The molecule has 0 radical (unpaired) electrons. The fourth-order valence-electron chi connectivity index (χ4n) is 0.474. The number of hydrogen-bond donors (Lipinski definition) is 2. The molecule has 0 fully saturated rings. The van der Waals surface area contributed by atoms with Gasteiger partial charge in [-0.05, 0) is 12.8 Å².